The van der Waals surface area contributed by atoms with Crippen LogP contribution in [0.25, 0.3) is 0 Å². The van der Waals surface area contributed by atoms with Crippen LogP contribution in [0.2, 0.25) is 0 Å². The lowest BCUT2D eigenvalue weighted by Gasteiger charge is -2.32. The van der Waals surface area contributed by atoms with Gasteiger partial charge in [-0.05, 0) is 30.7 Å². The van der Waals surface area contributed by atoms with Gasteiger partial charge in [0.2, 0.25) is 0 Å². The van der Waals surface area contributed by atoms with Gasteiger partial charge >= 0.3 is 12.1 Å². The van der Waals surface area contributed by atoms with Crippen molar-refractivity contribution in [2.75, 3.05) is 13.1 Å². The number of carboxylic acids is 1. The van der Waals surface area contributed by atoms with Crippen LogP contribution in [-0.2, 0) is 16.1 Å². The van der Waals surface area contributed by atoms with Gasteiger partial charge in [0.1, 0.15) is 6.61 Å². The maximum absolute atomic E-state index is 12.1. The van der Waals surface area contributed by atoms with Crippen LogP contribution in [0.15, 0.2) is 30.3 Å². The Kier molecular flexibility index (Phi) is 5.81. The Morgan fingerprint density at radius 1 is 1.36 bits per heavy atom. The number of carbonyl (C=O) groups is 2. The highest BCUT2D eigenvalue weighted by Gasteiger charge is 2.27. The first-order chi connectivity index (χ1) is 10.6. The lowest BCUT2D eigenvalue weighted by Crippen LogP contribution is -2.40. The van der Waals surface area contributed by atoms with Crippen molar-refractivity contribution in [2.45, 2.75) is 32.8 Å². The second kappa shape index (κ2) is 7.82. The molecule has 1 N–H and O–H groups in total. The smallest absolute Gasteiger partial charge is 0.410 e. The number of carbonyl (C=O) groups excluding carboxylic acids is 1. The molecule has 0 bridgehead atoms. The first-order valence-corrected chi connectivity index (χ1v) is 7.74. The fourth-order valence-corrected chi connectivity index (χ4v) is 2.83. The molecule has 22 heavy (non-hydrogen) atoms. The predicted molar refractivity (Wildman–Crippen MR) is 82.3 cm³/mol. The molecule has 5 nitrogen and oxygen atoms in total. The Balaban J connectivity index is 1.81. The Morgan fingerprint density at radius 2 is 2.09 bits per heavy atom. The minimum atomic E-state index is -0.774. The van der Waals surface area contributed by atoms with Gasteiger partial charge in [-0.3, -0.25) is 4.79 Å². The second-order valence-corrected chi connectivity index (χ2v) is 5.97. The summed E-state index contributed by atoms with van der Waals surface area (Å²) >= 11 is 0. The monoisotopic (exact) mass is 305 g/mol. The fourth-order valence-electron chi connectivity index (χ4n) is 2.83. The summed E-state index contributed by atoms with van der Waals surface area (Å²) in [6, 6.07) is 9.58. The Morgan fingerprint density at radius 3 is 2.77 bits per heavy atom. The number of piperidine rings is 1. The van der Waals surface area contributed by atoms with E-state index in [1.165, 1.54) is 0 Å². The molecule has 5 heteroatoms. The quantitative estimate of drug-likeness (QED) is 0.907. The zero-order valence-electron chi connectivity index (χ0n) is 12.9. The van der Waals surface area contributed by atoms with E-state index in [9.17, 15) is 9.59 Å². The Bertz CT molecular complexity index is 503. The average molecular weight is 305 g/mol. The number of nitrogens with zero attached hydrogens (tertiary/aromatic N) is 1. The van der Waals surface area contributed by atoms with Crippen molar-refractivity contribution in [1.82, 2.24) is 4.90 Å². The molecule has 1 aromatic rings. The summed E-state index contributed by atoms with van der Waals surface area (Å²) < 4.78 is 5.34. The van der Waals surface area contributed by atoms with Gasteiger partial charge in [-0.1, -0.05) is 37.3 Å². The Hall–Kier alpha value is -2.04. The maximum atomic E-state index is 12.1. The van der Waals surface area contributed by atoms with Gasteiger partial charge in [-0.2, -0.15) is 0 Å². The fraction of sp³-hybridized carbons (Fsp3) is 0.529. The highest BCUT2D eigenvalue weighted by molar-refractivity contribution is 5.69. The minimum absolute atomic E-state index is 0.240. The van der Waals surface area contributed by atoms with Crippen LogP contribution in [-0.4, -0.2) is 35.2 Å². The van der Waals surface area contributed by atoms with Crippen molar-refractivity contribution in [3.05, 3.63) is 35.9 Å². The summed E-state index contributed by atoms with van der Waals surface area (Å²) in [5.41, 5.74) is 0.962. The SMILES string of the molecule is CC(CC1CCCN(C(=O)OCc2ccccc2)C1)C(=O)O. The molecule has 1 fully saturated rings. The summed E-state index contributed by atoms with van der Waals surface area (Å²) in [6.07, 6.45) is 2.17. The molecule has 0 aliphatic carbocycles. The highest BCUT2D eigenvalue weighted by Crippen LogP contribution is 2.24. The van der Waals surface area contributed by atoms with Crippen LogP contribution >= 0.6 is 0 Å². The van der Waals surface area contributed by atoms with Crippen LogP contribution in [0.3, 0.4) is 0 Å². The number of rotatable bonds is 5. The van der Waals surface area contributed by atoms with E-state index < -0.39 is 5.97 Å². The third-order valence-corrected chi connectivity index (χ3v) is 4.09. The standard InChI is InChI=1S/C17H23NO4/c1-13(16(19)20)10-15-8-5-9-18(11-15)17(21)22-12-14-6-3-2-4-7-14/h2-4,6-7,13,15H,5,8-12H2,1H3,(H,19,20). The molecular formula is C17H23NO4. The molecule has 0 radical (unpaired) electrons. The number of aliphatic carboxylic acids is 1. The molecule has 2 rings (SSSR count). The normalized spacial score (nSPS) is 19.5. The zero-order valence-corrected chi connectivity index (χ0v) is 12.9. The van der Waals surface area contributed by atoms with Crippen LogP contribution in [0.4, 0.5) is 4.79 Å². The van der Waals surface area contributed by atoms with Crippen molar-refractivity contribution in [3.63, 3.8) is 0 Å². The molecule has 0 saturated carbocycles. The maximum Gasteiger partial charge on any atom is 0.410 e. The molecule has 1 amide bonds. The van der Waals surface area contributed by atoms with E-state index in [4.69, 9.17) is 9.84 Å². The van der Waals surface area contributed by atoms with Gasteiger partial charge in [0.05, 0.1) is 5.92 Å². The van der Waals surface area contributed by atoms with Gasteiger partial charge in [0.15, 0.2) is 0 Å². The molecule has 0 aromatic heterocycles. The number of carboxylic acid groups (broad SMARTS) is 1. The molecule has 1 aromatic carbocycles. The number of hydrogen-bond donors (Lipinski definition) is 1. The van der Waals surface area contributed by atoms with E-state index >= 15 is 0 Å². The molecule has 1 aliphatic rings. The molecular weight excluding hydrogens is 282 g/mol. The van der Waals surface area contributed by atoms with Crippen molar-refractivity contribution in [3.8, 4) is 0 Å². The molecule has 1 saturated heterocycles. The lowest BCUT2D eigenvalue weighted by atomic mass is 9.89. The molecule has 0 spiro atoms. The largest absolute Gasteiger partial charge is 0.481 e. The molecule has 2 atom stereocenters. The summed E-state index contributed by atoms with van der Waals surface area (Å²) in [4.78, 5) is 24.8. The van der Waals surface area contributed by atoms with Crippen LogP contribution in [0.1, 0.15) is 31.7 Å². The van der Waals surface area contributed by atoms with E-state index in [2.05, 4.69) is 0 Å². The number of likely N-dealkylation sites (tertiary alicyclic amines) is 1. The van der Waals surface area contributed by atoms with Crippen LogP contribution in [0.5, 0.6) is 0 Å². The van der Waals surface area contributed by atoms with Crippen molar-refractivity contribution >= 4 is 12.1 Å². The lowest BCUT2D eigenvalue weighted by molar-refractivity contribution is -0.141. The third-order valence-electron chi connectivity index (χ3n) is 4.09. The van der Waals surface area contributed by atoms with E-state index in [0.29, 0.717) is 19.5 Å². The average Bonchev–Trinajstić information content (AvgIpc) is 2.53. The van der Waals surface area contributed by atoms with Crippen molar-refractivity contribution in [1.29, 1.82) is 0 Å². The molecule has 2 unspecified atom stereocenters. The number of amides is 1. The zero-order chi connectivity index (χ0) is 15.9. The van der Waals surface area contributed by atoms with Gasteiger partial charge in [0, 0.05) is 13.1 Å². The van der Waals surface area contributed by atoms with E-state index in [1.54, 1.807) is 11.8 Å². The Labute approximate surface area is 130 Å². The van der Waals surface area contributed by atoms with Gasteiger partial charge in [0.25, 0.3) is 0 Å². The summed E-state index contributed by atoms with van der Waals surface area (Å²) in [5.74, 6) is -0.904. The molecule has 1 heterocycles. The number of hydrogen-bond acceptors (Lipinski definition) is 3. The summed E-state index contributed by atoms with van der Waals surface area (Å²) in [7, 11) is 0. The topological polar surface area (TPSA) is 66.8 Å². The van der Waals surface area contributed by atoms with Crippen molar-refractivity contribution < 1.29 is 19.4 Å². The van der Waals surface area contributed by atoms with E-state index in [1.807, 2.05) is 30.3 Å². The first-order valence-electron chi connectivity index (χ1n) is 7.74. The van der Waals surface area contributed by atoms with Gasteiger partial charge < -0.3 is 14.7 Å². The predicted octanol–water partition coefficient (Wildman–Crippen LogP) is 3.15. The van der Waals surface area contributed by atoms with Gasteiger partial charge in [-0.15, -0.1) is 0 Å². The number of benzene rings is 1. The summed E-state index contributed by atoms with van der Waals surface area (Å²) in [6.45, 7) is 3.26. The van der Waals surface area contributed by atoms with Crippen molar-refractivity contribution in [2.24, 2.45) is 11.8 Å². The highest BCUT2D eigenvalue weighted by atomic mass is 16.6. The number of ether oxygens (including phenoxy) is 1. The van der Waals surface area contributed by atoms with E-state index in [-0.39, 0.29) is 24.5 Å². The first kappa shape index (κ1) is 16.3. The molecule has 1 aliphatic heterocycles. The minimum Gasteiger partial charge on any atom is -0.481 e. The molecule has 120 valence electrons. The summed E-state index contributed by atoms with van der Waals surface area (Å²) in [5, 5.41) is 8.99. The van der Waals surface area contributed by atoms with Gasteiger partial charge in [-0.25, -0.2) is 4.79 Å². The van der Waals surface area contributed by atoms with E-state index in [0.717, 1.165) is 18.4 Å². The van der Waals surface area contributed by atoms with Crippen LogP contribution in [0, 0.1) is 11.8 Å². The third kappa shape index (κ3) is 4.76. The van der Waals surface area contributed by atoms with Crippen LogP contribution < -0.4 is 0 Å². The second-order valence-electron chi connectivity index (χ2n) is 5.97.